The van der Waals surface area contributed by atoms with Crippen molar-refractivity contribution in [3.05, 3.63) is 0 Å². The molecule has 1 heterocycles. The molecular weight excluding hydrogens is 216 g/mol. The summed E-state index contributed by atoms with van der Waals surface area (Å²) < 4.78 is 11.2. The Hall–Kier alpha value is -0.570. The number of rotatable bonds is 3. The molecule has 0 saturated carbocycles. The monoisotopic (exact) mass is 242 g/mol. The number of hydrogen-bond donors (Lipinski definition) is 0. The summed E-state index contributed by atoms with van der Waals surface area (Å²) >= 11 is 0. The lowest BCUT2D eigenvalue weighted by atomic mass is 9.74. The van der Waals surface area contributed by atoms with Crippen LogP contribution >= 0.6 is 0 Å². The molecule has 1 aliphatic rings. The van der Waals surface area contributed by atoms with E-state index in [1.807, 2.05) is 0 Å². The van der Waals surface area contributed by atoms with Crippen LogP contribution < -0.4 is 0 Å². The second-order valence-corrected chi connectivity index (χ2v) is 5.76. The summed E-state index contributed by atoms with van der Waals surface area (Å²) in [5.74, 6) is 1.85. The van der Waals surface area contributed by atoms with Gasteiger partial charge in [-0.3, -0.25) is 4.79 Å². The lowest BCUT2D eigenvalue weighted by Gasteiger charge is -2.45. The fourth-order valence-electron chi connectivity index (χ4n) is 2.72. The van der Waals surface area contributed by atoms with E-state index < -0.39 is 0 Å². The number of carbonyl (C=O) groups is 1. The molecule has 1 fully saturated rings. The van der Waals surface area contributed by atoms with Gasteiger partial charge in [0.15, 0.2) is 0 Å². The highest BCUT2D eigenvalue weighted by Gasteiger charge is 2.40. The van der Waals surface area contributed by atoms with Gasteiger partial charge >= 0.3 is 5.97 Å². The molecule has 3 heteroatoms. The molecule has 0 N–H and O–H groups in total. The Morgan fingerprint density at radius 3 is 2.24 bits per heavy atom. The molecule has 0 aromatic rings. The van der Waals surface area contributed by atoms with E-state index in [-0.39, 0.29) is 18.2 Å². The molecule has 0 radical (unpaired) electrons. The Bertz CT molecular complexity index is 262. The summed E-state index contributed by atoms with van der Waals surface area (Å²) in [6, 6.07) is 0. The SMILES string of the molecule is CC(=O)OC[C@H]1OC(C(C)C)[C@@H](C)[C@@H](C)[C@@H]1C. The van der Waals surface area contributed by atoms with Crippen LogP contribution in [0.3, 0.4) is 0 Å². The normalized spacial score (nSPS) is 38.2. The molecule has 1 unspecified atom stereocenters. The topological polar surface area (TPSA) is 35.5 Å². The first kappa shape index (κ1) is 14.5. The van der Waals surface area contributed by atoms with Gasteiger partial charge < -0.3 is 9.47 Å². The Balaban J connectivity index is 2.67. The van der Waals surface area contributed by atoms with E-state index in [0.29, 0.717) is 30.3 Å². The first-order chi connectivity index (χ1) is 7.84. The predicted octanol–water partition coefficient (Wildman–Crippen LogP) is 2.88. The first-order valence-electron chi connectivity index (χ1n) is 6.63. The molecule has 0 aromatic heterocycles. The fraction of sp³-hybridized carbons (Fsp3) is 0.929. The van der Waals surface area contributed by atoms with Crippen molar-refractivity contribution < 1.29 is 14.3 Å². The van der Waals surface area contributed by atoms with Crippen molar-refractivity contribution in [2.75, 3.05) is 6.61 Å². The Kier molecular flexibility index (Phi) is 4.99. The molecular formula is C14H26O3. The molecule has 1 aliphatic heterocycles. The highest BCUT2D eigenvalue weighted by atomic mass is 16.6. The molecule has 0 aliphatic carbocycles. The van der Waals surface area contributed by atoms with E-state index in [9.17, 15) is 4.79 Å². The summed E-state index contributed by atoms with van der Waals surface area (Å²) in [5.41, 5.74) is 0. The van der Waals surface area contributed by atoms with Crippen LogP contribution in [0.15, 0.2) is 0 Å². The van der Waals surface area contributed by atoms with E-state index >= 15 is 0 Å². The maximum absolute atomic E-state index is 10.9. The third-order valence-corrected chi connectivity index (χ3v) is 4.20. The van der Waals surface area contributed by atoms with Crippen LogP contribution in [-0.2, 0) is 14.3 Å². The summed E-state index contributed by atoms with van der Waals surface area (Å²) in [5, 5.41) is 0. The summed E-state index contributed by atoms with van der Waals surface area (Å²) in [7, 11) is 0. The summed E-state index contributed by atoms with van der Waals surface area (Å²) in [6.07, 6.45) is 0.305. The number of hydrogen-bond acceptors (Lipinski definition) is 3. The minimum absolute atomic E-state index is 0.0394. The third kappa shape index (κ3) is 3.44. The smallest absolute Gasteiger partial charge is 0.302 e. The van der Waals surface area contributed by atoms with Gasteiger partial charge in [-0.25, -0.2) is 0 Å². The average molecular weight is 242 g/mol. The largest absolute Gasteiger partial charge is 0.463 e. The Labute approximate surface area is 105 Å². The highest BCUT2D eigenvalue weighted by molar-refractivity contribution is 5.65. The molecule has 17 heavy (non-hydrogen) atoms. The van der Waals surface area contributed by atoms with Crippen molar-refractivity contribution in [1.29, 1.82) is 0 Å². The quantitative estimate of drug-likeness (QED) is 0.714. The second-order valence-electron chi connectivity index (χ2n) is 5.76. The van der Waals surface area contributed by atoms with Crippen LogP contribution in [0.25, 0.3) is 0 Å². The van der Waals surface area contributed by atoms with Gasteiger partial charge in [-0.05, 0) is 23.7 Å². The van der Waals surface area contributed by atoms with Gasteiger partial charge in [0.05, 0.1) is 12.2 Å². The number of ether oxygens (including phenoxy) is 2. The number of carbonyl (C=O) groups excluding carboxylic acids is 1. The zero-order valence-electron chi connectivity index (χ0n) is 11.9. The average Bonchev–Trinajstić information content (AvgIpc) is 2.24. The minimum Gasteiger partial charge on any atom is -0.463 e. The molecule has 3 nitrogen and oxygen atoms in total. The van der Waals surface area contributed by atoms with Crippen LogP contribution in [0.2, 0.25) is 0 Å². The molecule has 0 bridgehead atoms. The lowest BCUT2D eigenvalue weighted by Crippen LogP contribution is -2.48. The van der Waals surface area contributed by atoms with Gasteiger partial charge in [0, 0.05) is 6.92 Å². The molecule has 0 spiro atoms. The summed E-state index contributed by atoms with van der Waals surface area (Å²) in [6.45, 7) is 12.9. The van der Waals surface area contributed by atoms with Crippen LogP contribution in [0.5, 0.6) is 0 Å². The van der Waals surface area contributed by atoms with Crippen LogP contribution in [0, 0.1) is 23.7 Å². The standard InChI is InChI=1S/C14H26O3/c1-8(2)14-11(5)9(3)10(4)13(17-14)7-16-12(6)15/h8-11,13-14H,7H2,1-6H3/t9-,10-,11-,13+,14?/m0/s1. The fourth-order valence-corrected chi connectivity index (χ4v) is 2.72. The Morgan fingerprint density at radius 1 is 1.18 bits per heavy atom. The van der Waals surface area contributed by atoms with Gasteiger partial charge in [0.2, 0.25) is 0 Å². The maximum Gasteiger partial charge on any atom is 0.302 e. The van der Waals surface area contributed by atoms with E-state index in [1.54, 1.807) is 0 Å². The van der Waals surface area contributed by atoms with Gasteiger partial charge in [0.1, 0.15) is 6.61 Å². The van der Waals surface area contributed by atoms with Gasteiger partial charge in [0.25, 0.3) is 0 Å². The van der Waals surface area contributed by atoms with Crippen molar-refractivity contribution in [3.63, 3.8) is 0 Å². The molecule has 1 saturated heterocycles. The molecule has 0 amide bonds. The first-order valence-corrected chi connectivity index (χ1v) is 6.63. The molecule has 0 aromatic carbocycles. The van der Waals surface area contributed by atoms with Crippen LogP contribution in [-0.4, -0.2) is 24.8 Å². The van der Waals surface area contributed by atoms with Crippen molar-refractivity contribution in [1.82, 2.24) is 0 Å². The van der Waals surface area contributed by atoms with Crippen LogP contribution in [0.4, 0.5) is 0 Å². The van der Waals surface area contributed by atoms with Gasteiger partial charge in [-0.15, -0.1) is 0 Å². The van der Waals surface area contributed by atoms with E-state index in [0.717, 1.165) is 0 Å². The van der Waals surface area contributed by atoms with E-state index in [4.69, 9.17) is 9.47 Å². The zero-order chi connectivity index (χ0) is 13.2. The molecule has 100 valence electrons. The van der Waals surface area contributed by atoms with E-state index in [1.165, 1.54) is 6.92 Å². The number of esters is 1. The van der Waals surface area contributed by atoms with Crippen molar-refractivity contribution >= 4 is 5.97 Å². The van der Waals surface area contributed by atoms with Crippen molar-refractivity contribution in [3.8, 4) is 0 Å². The van der Waals surface area contributed by atoms with Gasteiger partial charge in [-0.1, -0.05) is 34.6 Å². The van der Waals surface area contributed by atoms with Crippen LogP contribution in [0.1, 0.15) is 41.5 Å². The predicted molar refractivity (Wildman–Crippen MR) is 67.6 cm³/mol. The van der Waals surface area contributed by atoms with Crippen molar-refractivity contribution in [2.45, 2.75) is 53.8 Å². The summed E-state index contributed by atoms with van der Waals surface area (Å²) in [4.78, 5) is 10.9. The lowest BCUT2D eigenvalue weighted by molar-refractivity contribution is -0.176. The van der Waals surface area contributed by atoms with Crippen molar-refractivity contribution in [2.24, 2.45) is 23.7 Å². The molecule has 5 atom stereocenters. The Morgan fingerprint density at radius 2 is 1.76 bits per heavy atom. The molecule has 1 rings (SSSR count). The third-order valence-electron chi connectivity index (χ3n) is 4.20. The minimum atomic E-state index is -0.229. The van der Waals surface area contributed by atoms with E-state index in [2.05, 4.69) is 34.6 Å². The second kappa shape index (κ2) is 5.85. The zero-order valence-corrected chi connectivity index (χ0v) is 11.9. The van der Waals surface area contributed by atoms with Gasteiger partial charge in [-0.2, -0.15) is 0 Å². The maximum atomic E-state index is 10.9. The highest BCUT2D eigenvalue weighted by Crippen LogP contribution is 2.37.